The second-order valence-corrected chi connectivity index (χ2v) is 6.61. The molecule has 0 heterocycles. The number of aldehydes is 1. The van der Waals surface area contributed by atoms with E-state index in [1.165, 1.54) is 0 Å². The molecule has 0 unspecified atom stereocenters. The minimum Gasteiger partial charge on any atom is -0.429 e. The molecule has 2 aromatic carbocycles. The van der Waals surface area contributed by atoms with Gasteiger partial charge in [0.05, 0.1) is 5.56 Å². The highest BCUT2D eigenvalue weighted by atomic mass is 19.3. The number of carbonyl (C=O) groups excluding carboxylic acids is 1. The summed E-state index contributed by atoms with van der Waals surface area (Å²) in [5.74, 6) is 0.162. The average molecular weight is 346 g/mol. The molecule has 2 aromatic rings. The smallest absolute Gasteiger partial charge is 0.427 e. The average Bonchev–Trinajstić information content (AvgIpc) is 2.49. The van der Waals surface area contributed by atoms with Crippen LogP contribution in [0.4, 0.5) is 8.78 Å². The molecule has 0 radical (unpaired) electrons. The fourth-order valence-corrected chi connectivity index (χ4v) is 3.14. The van der Waals surface area contributed by atoms with Crippen molar-refractivity contribution in [3.8, 4) is 5.75 Å². The molecule has 0 atom stereocenters. The Bertz CT molecular complexity index is 748. The van der Waals surface area contributed by atoms with Gasteiger partial charge < -0.3 is 9.53 Å². The van der Waals surface area contributed by atoms with Crippen molar-refractivity contribution in [2.75, 3.05) is 0 Å². The highest BCUT2D eigenvalue weighted by molar-refractivity contribution is 5.50. The maximum atomic E-state index is 14.8. The van der Waals surface area contributed by atoms with E-state index in [4.69, 9.17) is 4.74 Å². The molecule has 0 aliphatic heterocycles. The molecule has 2 nitrogen and oxygen atoms in total. The molecule has 0 saturated carbocycles. The lowest BCUT2D eigenvalue weighted by atomic mass is 9.96. The van der Waals surface area contributed by atoms with Gasteiger partial charge in [-0.3, -0.25) is 0 Å². The van der Waals surface area contributed by atoms with E-state index in [-0.39, 0.29) is 11.3 Å². The molecular weight excluding hydrogens is 322 g/mol. The van der Waals surface area contributed by atoms with Crippen LogP contribution >= 0.6 is 0 Å². The van der Waals surface area contributed by atoms with Crippen LogP contribution in [0.25, 0.3) is 0 Å². The van der Waals surface area contributed by atoms with Crippen LogP contribution in [0.5, 0.6) is 5.75 Å². The van der Waals surface area contributed by atoms with E-state index in [9.17, 15) is 13.6 Å². The summed E-state index contributed by atoms with van der Waals surface area (Å²) in [5, 5.41) is 0. The largest absolute Gasteiger partial charge is 0.429 e. The van der Waals surface area contributed by atoms with Crippen molar-refractivity contribution in [1.82, 2.24) is 0 Å². The van der Waals surface area contributed by atoms with Crippen molar-refractivity contribution < 1.29 is 18.3 Å². The third-order valence-electron chi connectivity index (χ3n) is 4.58. The highest BCUT2D eigenvalue weighted by Crippen LogP contribution is 2.37. The van der Waals surface area contributed by atoms with E-state index in [1.807, 2.05) is 20.8 Å². The summed E-state index contributed by atoms with van der Waals surface area (Å²) in [6.45, 7) is 9.02. The molecule has 0 amide bonds. The van der Waals surface area contributed by atoms with Gasteiger partial charge in [0.1, 0.15) is 12.0 Å². The minimum absolute atomic E-state index is 0.113. The molecule has 0 saturated heterocycles. The van der Waals surface area contributed by atoms with Gasteiger partial charge in [0.15, 0.2) is 0 Å². The number of halogens is 2. The van der Waals surface area contributed by atoms with Crippen LogP contribution in [0.1, 0.15) is 45.4 Å². The second kappa shape index (κ2) is 7.34. The Hall–Kier alpha value is -2.23. The Morgan fingerprint density at radius 1 is 0.920 bits per heavy atom. The van der Waals surface area contributed by atoms with Gasteiger partial charge in [-0.05, 0) is 86.6 Å². The van der Waals surface area contributed by atoms with Crippen LogP contribution in [-0.4, -0.2) is 6.29 Å². The zero-order valence-electron chi connectivity index (χ0n) is 15.4. The van der Waals surface area contributed by atoms with Crippen molar-refractivity contribution in [2.24, 2.45) is 0 Å². The molecule has 0 aliphatic rings. The van der Waals surface area contributed by atoms with E-state index < -0.39 is 6.11 Å². The predicted octanol–water partition coefficient (Wildman–Crippen LogP) is 5.49. The third kappa shape index (κ3) is 4.25. The first-order valence-corrected chi connectivity index (χ1v) is 8.34. The van der Waals surface area contributed by atoms with Gasteiger partial charge in [0.25, 0.3) is 0 Å². The Morgan fingerprint density at radius 2 is 1.44 bits per heavy atom. The lowest BCUT2D eigenvalue weighted by molar-refractivity contribution is -0.186. The Labute approximate surface area is 147 Å². The summed E-state index contributed by atoms with van der Waals surface area (Å²) in [7, 11) is 0. The number of hydrogen-bond acceptors (Lipinski definition) is 2. The van der Waals surface area contributed by atoms with E-state index in [0.717, 1.165) is 28.5 Å². The topological polar surface area (TPSA) is 26.3 Å². The summed E-state index contributed by atoms with van der Waals surface area (Å²) in [4.78, 5) is 10.5. The van der Waals surface area contributed by atoms with Crippen molar-refractivity contribution >= 4 is 6.29 Å². The maximum absolute atomic E-state index is 14.8. The van der Waals surface area contributed by atoms with Crippen LogP contribution in [0.15, 0.2) is 24.3 Å². The molecule has 0 N–H and O–H groups in total. The van der Waals surface area contributed by atoms with Crippen molar-refractivity contribution in [3.63, 3.8) is 0 Å². The molecule has 0 fully saturated rings. The van der Waals surface area contributed by atoms with Crippen LogP contribution in [0.2, 0.25) is 0 Å². The molecular formula is C21H24F2O2. The molecule has 0 aliphatic carbocycles. The third-order valence-corrected chi connectivity index (χ3v) is 4.58. The molecule has 0 aromatic heterocycles. The van der Waals surface area contributed by atoms with Gasteiger partial charge in [-0.15, -0.1) is 0 Å². The van der Waals surface area contributed by atoms with Crippen LogP contribution in [-0.2, 0) is 17.3 Å². The van der Waals surface area contributed by atoms with E-state index in [0.29, 0.717) is 24.0 Å². The van der Waals surface area contributed by atoms with E-state index in [1.54, 1.807) is 38.1 Å². The summed E-state index contributed by atoms with van der Waals surface area (Å²) in [6.07, 6.45) is -1.66. The Morgan fingerprint density at radius 3 is 1.92 bits per heavy atom. The summed E-state index contributed by atoms with van der Waals surface area (Å²) >= 11 is 0. The van der Waals surface area contributed by atoms with E-state index >= 15 is 0 Å². The summed E-state index contributed by atoms with van der Waals surface area (Å²) in [6, 6.07) is 6.68. The first kappa shape index (κ1) is 19.1. The number of benzene rings is 2. The SMILES string of the molecule is Cc1cc(OC(F)(F)c2c(C)cc(CCC=O)cc2C)cc(C)c1C. The van der Waals surface area contributed by atoms with Gasteiger partial charge in [0.2, 0.25) is 0 Å². The standard InChI is InChI=1S/C21H24F2O2/c1-13-11-19(12-14(2)17(13)5)25-21(22,23)20-15(3)9-18(7-6-8-24)10-16(20)4/h8-12H,6-7H2,1-5H3. The number of ether oxygens (including phenoxy) is 1. The van der Waals surface area contributed by atoms with Crippen LogP contribution in [0, 0.1) is 34.6 Å². The number of hydrogen-bond donors (Lipinski definition) is 0. The molecule has 134 valence electrons. The first-order valence-electron chi connectivity index (χ1n) is 8.34. The normalized spacial score (nSPS) is 11.5. The maximum Gasteiger partial charge on any atom is 0.427 e. The fraction of sp³-hybridized carbons (Fsp3) is 0.381. The molecule has 0 spiro atoms. The van der Waals surface area contributed by atoms with Crippen molar-refractivity contribution in [2.45, 2.75) is 53.6 Å². The number of rotatable bonds is 6. The lowest BCUT2D eigenvalue weighted by Crippen LogP contribution is -2.24. The van der Waals surface area contributed by atoms with Gasteiger partial charge in [0, 0.05) is 6.42 Å². The Balaban J connectivity index is 2.37. The predicted molar refractivity (Wildman–Crippen MR) is 95.5 cm³/mol. The zero-order chi connectivity index (χ0) is 18.8. The number of aryl methyl sites for hydroxylation is 5. The monoisotopic (exact) mass is 346 g/mol. The van der Waals surface area contributed by atoms with Crippen LogP contribution < -0.4 is 4.74 Å². The molecule has 2 rings (SSSR count). The van der Waals surface area contributed by atoms with Crippen molar-refractivity contribution in [3.05, 3.63) is 63.2 Å². The first-order chi connectivity index (χ1) is 11.7. The van der Waals surface area contributed by atoms with Gasteiger partial charge in [-0.2, -0.15) is 8.78 Å². The quantitative estimate of drug-likeness (QED) is 0.647. The summed E-state index contributed by atoms with van der Waals surface area (Å²) < 4.78 is 34.8. The molecule has 25 heavy (non-hydrogen) atoms. The molecule has 4 heteroatoms. The highest BCUT2D eigenvalue weighted by Gasteiger charge is 2.38. The van der Waals surface area contributed by atoms with Gasteiger partial charge in [-0.25, -0.2) is 0 Å². The number of carbonyl (C=O) groups is 1. The zero-order valence-corrected chi connectivity index (χ0v) is 15.4. The second-order valence-electron chi connectivity index (χ2n) is 6.61. The van der Waals surface area contributed by atoms with Gasteiger partial charge >= 0.3 is 6.11 Å². The minimum atomic E-state index is -3.43. The lowest BCUT2D eigenvalue weighted by Gasteiger charge is -2.23. The van der Waals surface area contributed by atoms with Crippen LogP contribution in [0.3, 0.4) is 0 Å². The fourth-order valence-electron chi connectivity index (χ4n) is 3.14. The van der Waals surface area contributed by atoms with Gasteiger partial charge in [-0.1, -0.05) is 12.1 Å². The van der Waals surface area contributed by atoms with Crippen molar-refractivity contribution in [1.29, 1.82) is 0 Å². The number of alkyl halides is 2. The summed E-state index contributed by atoms with van der Waals surface area (Å²) in [5.41, 5.74) is 4.61. The Kier molecular flexibility index (Phi) is 5.61. The van der Waals surface area contributed by atoms with E-state index in [2.05, 4.69) is 0 Å². The molecule has 0 bridgehead atoms.